The lowest BCUT2D eigenvalue weighted by Crippen LogP contribution is -2.80. The zero-order chi connectivity index (χ0) is 16.8. The number of carbonyl (C=O) groups excluding carboxylic acids is 2. The van der Waals surface area contributed by atoms with Crippen molar-refractivity contribution < 1.29 is 24.5 Å². The Bertz CT molecular complexity index is 547. The van der Waals surface area contributed by atoms with Crippen LogP contribution in [0.3, 0.4) is 0 Å². The van der Waals surface area contributed by atoms with E-state index < -0.39 is 35.2 Å². The lowest BCUT2D eigenvalue weighted by molar-refractivity contribution is -0.239. The second-order valence-corrected chi connectivity index (χ2v) is 7.11. The molecule has 3 aliphatic rings. The average Bonchev–Trinajstić information content (AvgIpc) is 2.72. The Morgan fingerprint density at radius 3 is 2.74 bits per heavy atom. The monoisotopic (exact) mass is 323 g/mol. The Hall–Kier alpha value is -1.40. The van der Waals surface area contributed by atoms with Gasteiger partial charge in [0.1, 0.15) is 0 Å². The third kappa shape index (κ3) is 2.15. The first-order chi connectivity index (χ1) is 10.9. The normalized spacial score (nSPS) is 41.6. The summed E-state index contributed by atoms with van der Waals surface area (Å²) in [6, 6.07) is 0. The van der Waals surface area contributed by atoms with Crippen LogP contribution in [0, 0.1) is 11.8 Å². The first-order valence-electron chi connectivity index (χ1n) is 8.45. The minimum atomic E-state index is -1.39. The lowest BCUT2D eigenvalue weighted by Gasteiger charge is -2.54. The summed E-state index contributed by atoms with van der Waals surface area (Å²) in [5, 5.41) is 23.5. The standard InChI is InChI=1S/C17H25NO5/c1-3-11(19)9-12-14(21)18-17(15(22)23-16(12,17)2)13(20)10-7-5-4-6-8-10/h5,7,10-13,19-20H,3-4,6,8-9H2,1-2H3,(H,18,21)/t10-,11?,12+,13+,16+,17+/m1/s1. The van der Waals surface area contributed by atoms with Crippen LogP contribution in [0.1, 0.15) is 46.0 Å². The van der Waals surface area contributed by atoms with Gasteiger partial charge in [-0.25, -0.2) is 4.79 Å². The molecule has 2 fully saturated rings. The molecule has 0 bridgehead atoms. The number of hydrogen-bond donors (Lipinski definition) is 3. The van der Waals surface area contributed by atoms with Gasteiger partial charge in [-0.1, -0.05) is 19.1 Å². The molecule has 1 unspecified atom stereocenters. The van der Waals surface area contributed by atoms with E-state index in [9.17, 15) is 19.8 Å². The van der Waals surface area contributed by atoms with Crippen molar-refractivity contribution in [3.05, 3.63) is 12.2 Å². The van der Waals surface area contributed by atoms with Gasteiger partial charge < -0.3 is 20.3 Å². The maximum Gasteiger partial charge on any atom is 0.339 e. The van der Waals surface area contributed by atoms with E-state index in [2.05, 4.69) is 5.32 Å². The zero-order valence-electron chi connectivity index (χ0n) is 13.6. The highest BCUT2D eigenvalue weighted by atomic mass is 16.6. The molecule has 0 aromatic rings. The molecule has 6 atom stereocenters. The highest BCUT2D eigenvalue weighted by Gasteiger charge is 2.79. The number of allylic oxidation sites excluding steroid dienone is 1. The fourth-order valence-corrected chi connectivity index (χ4v) is 4.24. The van der Waals surface area contributed by atoms with Gasteiger partial charge in [-0.05, 0) is 39.0 Å². The first-order valence-corrected chi connectivity index (χ1v) is 8.45. The second-order valence-electron chi connectivity index (χ2n) is 7.11. The van der Waals surface area contributed by atoms with Crippen molar-refractivity contribution in [3.63, 3.8) is 0 Å². The summed E-state index contributed by atoms with van der Waals surface area (Å²) in [5.41, 5.74) is -2.50. The zero-order valence-corrected chi connectivity index (χ0v) is 13.6. The quantitative estimate of drug-likeness (QED) is 0.510. The third-order valence-electron chi connectivity index (χ3n) is 5.83. The molecule has 2 aliphatic heterocycles. The van der Waals surface area contributed by atoms with Gasteiger partial charge in [0, 0.05) is 5.92 Å². The molecule has 6 nitrogen and oxygen atoms in total. The van der Waals surface area contributed by atoms with Gasteiger partial charge in [0.2, 0.25) is 11.4 Å². The van der Waals surface area contributed by atoms with Crippen LogP contribution in [-0.2, 0) is 14.3 Å². The summed E-state index contributed by atoms with van der Waals surface area (Å²) >= 11 is 0. The number of fused-ring (bicyclic) bond motifs is 1. The summed E-state index contributed by atoms with van der Waals surface area (Å²) in [7, 11) is 0. The molecule has 0 saturated carbocycles. The van der Waals surface area contributed by atoms with Crippen molar-refractivity contribution in [3.8, 4) is 0 Å². The topological polar surface area (TPSA) is 95.9 Å². The molecule has 6 heteroatoms. The number of amides is 1. The Balaban J connectivity index is 1.91. The number of esters is 1. The van der Waals surface area contributed by atoms with E-state index in [1.54, 1.807) is 6.92 Å². The summed E-state index contributed by atoms with van der Waals surface area (Å²) in [5.74, 6) is -1.72. The minimum Gasteiger partial charge on any atom is -0.453 e. The van der Waals surface area contributed by atoms with Crippen molar-refractivity contribution in [1.82, 2.24) is 5.32 Å². The number of ether oxygens (including phenoxy) is 1. The summed E-state index contributed by atoms with van der Waals surface area (Å²) in [6.07, 6.45) is 5.72. The Morgan fingerprint density at radius 2 is 2.17 bits per heavy atom. The van der Waals surface area contributed by atoms with E-state index in [-0.39, 0.29) is 18.2 Å². The van der Waals surface area contributed by atoms with Crippen molar-refractivity contribution in [2.75, 3.05) is 0 Å². The first kappa shape index (κ1) is 16.5. The number of nitrogens with one attached hydrogen (secondary N) is 1. The molecule has 2 saturated heterocycles. The molecule has 23 heavy (non-hydrogen) atoms. The third-order valence-corrected chi connectivity index (χ3v) is 5.83. The van der Waals surface area contributed by atoms with Crippen LogP contribution >= 0.6 is 0 Å². The number of carbonyl (C=O) groups is 2. The Labute approximate surface area is 135 Å². The van der Waals surface area contributed by atoms with Crippen LogP contribution in [0.15, 0.2) is 12.2 Å². The molecule has 128 valence electrons. The average molecular weight is 323 g/mol. The van der Waals surface area contributed by atoms with Gasteiger partial charge in [0.15, 0.2) is 5.60 Å². The molecular formula is C17H25NO5. The highest BCUT2D eigenvalue weighted by Crippen LogP contribution is 2.53. The van der Waals surface area contributed by atoms with Gasteiger partial charge in [-0.2, -0.15) is 0 Å². The van der Waals surface area contributed by atoms with Crippen molar-refractivity contribution in [2.24, 2.45) is 11.8 Å². The van der Waals surface area contributed by atoms with Crippen LogP contribution in [-0.4, -0.2) is 45.4 Å². The predicted molar refractivity (Wildman–Crippen MR) is 82.3 cm³/mol. The molecule has 2 heterocycles. The van der Waals surface area contributed by atoms with E-state index in [0.717, 1.165) is 19.3 Å². The van der Waals surface area contributed by atoms with Crippen molar-refractivity contribution >= 4 is 11.9 Å². The van der Waals surface area contributed by atoms with Crippen LogP contribution in [0.2, 0.25) is 0 Å². The van der Waals surface area contributed by atoms with Crippen LogP contribution < -0.4 is 5.32 Å². The Morgan fingerprint density at radius 1 is 1.43 bits per heavy atom. The van der Waals surface area contributed by atoms with Crippen LogP contribution in [0.25, 0.3) is 0 Å². The molecule has 1 aliphatic carbocycles. The van der Waals surface area contributed by atoms with E-state index in [1.165, 1.54) is 0 Å². The summed E-state index contributed by atoms with van der Waals surface area (Å²) in [6.45, 7) is 3.52. The fraction of sp³-hybridized carbons (Fsp3) is 0.765. The van der Waals surface area contributed by atoms with Crippen molar-refractivity contribution in [1.29, 1.82) is 0 Å². The second kappa shape index (κ2) is 5.60. The smallest absolute Gasteiger partial charge is 0.339 e. The fourth-order valence-electron chi connectivity index (χ4n) is 4.24. The largest absolute Gasteiger partial charge is 0.453 e. The molecule has 0 aromatic carbocycles. The number of aliphatic hydroxyl groups excluding tert-OH is 2. The maximum absolute atomic E-state index is 12.4. The van der Waals surface area contributed by atoms with Gasteiger partial charge in [0.25, 0.3) is 0 Å². The van der Waals surface area contributed by atoms with Gasteiger partial charge in [-0.3, -0.25) is 4.79 Å². The minimum absolute atomic E-state index is 0.175. The number of rotatable bonds is 5. The van der Waals surface area contributed by atoms with E-state index in [1.807, 2.05) is 19.1 Å². The van der Waals surface area contributed by atoms with Crippen molar-refractivity contribution in [2.45, 2.75) is 69.3 Å². The molecule has 0 spiro atoms. The SMILES string of the molecule is CCC(O)C[C@H]1C(=O)N[C@@]2([C@@H](O)[C@@H]3C=CCCC3)C(=O)O[C@@]12C. The molecule has 0 radical (unpaired) electrons. The van der Waals surface area contributed by atoms with E-state index in [4.69, 9.17) is 4.74 Å². The van der Waals surface area contributed by atoms with Crippen LogP contribution in [0.4, 0.5) is 0 Å². The molecule has 1 amide bonds. The molecular weight excluding hydrogens is 298 g/mol. The maximum atomic E-state index is 12.4. The predicted octanol–water partition coefficient (Wildman–Crippen LogP) is 0.665. The number of hydrogen-bond acceptors (Lipinski definition) is 5. The van der Waals surface area contributed by atoms with Crippen LogP contribution in [0.5, 0.6) is 0 Å². The van der Waals surface area contributed by atoms with E-state index >= 15 is 0 Å². The lowest BCUT2D eigenvalue weighted by atomic mass is 9.64. The van der Waals surface area contributed by atoms with Gasteiger partial charge >= 0.3 is 5.97 Å². The Kier molecular flexibility index (Phi) is 4.01. The summed E-state index contributed by atoms with van der Waals surface area (Å²) < 4.78 is 5.38. The molecule has 0 aromatic heterocycles. The molecule has 3 N–H and O–H groups in total. The number of aliphatic hydroxyl groups is 2. The van der Waals surface area contributed by atoms with Gasteiger partial charge in [-0.15, -0.1) is 0 Å². The van der Waals surface area contributed by atoms with Gasteiger partial charge in [0.05, 0.1) is 18.1 Å². The highest BCUT2D eigenvalue weighted by molar-refractivity contribution is 6.01. The summed E-state index contributed by atoms with van der Waals surface area (Å²) in [4.78, 5) is 24.7. The molecule has 3 rings (SSSR count). The van der Waals surface area contributed by atoms with E-state index in [0.29, 0.717) is 6.42 Å².